The fourth-order valence-electron chi connectivity index (χ4n) is 3.71. The largest absolute Gasteiger partial charge is 0.459 e. The van der Waals surface area contributed by atoms with Crippen molar-refractivity contribution >= 4 is 35.8 Å². The maximum Gasteiger partial charge on any atom is 0.289 e. The minimum atomic E-state index is -0.0345. The quantitative estimate of drug-likeness (QED) is 0.404. The van der Waals surface area contributed by atoms with Crippen molar-refractivity contribution in [3.05, 3.63) is 60.1 Å². The van der Waals surface area contributed by atoms with Gasteiger partial charge < -0.3 is 19.5 Å². The molecule has 7 heteroatoms. The van der Waals surface area contributed by atoms with Gasteiger partial charge >= 0.3 is 0 Å². The minimum absolute atomic E-state index is 0. The first kappa shape index (κ1) is 20.7. The Labute approximate surface area is 183 Å². The van der Waals surface area contributed by atoms with Crippen LogP contribution in [0.5, 0.6) is 0 Å². The van der Waals surface area contributed by atoms with Crippen LogP contribution < -0.4 is 5.32 Å². The van der Waals surface area contributed by atoms with Crippen LogP contribution in [-0.4, -0.2) is 60.9 Å². The number of carbonyl (C=O) groups is 1. The zero-order valence-electron chi connectivity index (χ0n) is 16.1. The van der Waals surface area contributed by atoms with Gasteiger partial charge in [0.05, 0.1) is 6.26 Å². The van der Waals surface area contributed by atoms with E-state index in [1.165, 1.54) is 18.2 Å². The van der Waals surface area contributed by atoms with Crippen LogP contribution in [0.3, 0.4) is 0 Å². The zero-order chi connectivity index (χ0) is 18.6. The predicted molar refractivity (Wildman–Crippen MR) is 120 cm³/mol. The number of aliphatic imine (C=N–C) groups is 1. The minimum Gasteiger partial charge on any atom is -0.459 e. The maximum atomic E-state index is 12.4. The van der Waals surface area contributed by atoms with E-state index in [4.69, 9.17) is 4.42 Å². The molecule has 0 bridgehead atoms. The van der Waals surface area contributed by atoms with E-state index in [9.17, 15) is 4.79 Å². The molecule has 1 aliphatic carbocycles. The second-order valence-electron chi connectivity index (χ2n) is 7.24. The summed E-state index contributed by atoms with van der Waals surface area (Å²) in [6.07, 6.45) is 3.84. The summed E-state index contributed by atoms with van der Waals surface area (Å²) in [5, 5.41) is 3.61. The summed E-state index contributed by atoms with van der Waals surface area (Å²) in [5.74, 6) is 1.99. The first-order chi connectivity index (χ1) is 13.2. The number of benzene rings is 1. The van der Waals surface area contributed by atoms with E-state index in [2.05, 4.69) is 45.5 Å². The first-order valence-corrected chi connectivity index (χ1v) is 9.59. The maximum absolute atomic E-state index is 12.4. The topological polar surface area (TPSA) is 61.1 Å². The van der Waals surface area contributed by atoms with Crippen LogP contribution in [-0.2, 0) is 6.42 Å². The molecule has 1 saturated heterocycles. The number of hydrogen-bond acceptors (Lipinski definition) is 3. The van der Waals surface area contributed by atoms with Crippen molar-refractivity contribution in [3.8, 4) is 0 Å². The molecule has 0 spiro atoms. The van der Waals surface area contributed by atoms with Gasteiger partial charge in [-0.2, -0.15) is 0 Å². The van der Waals surface area contributed by atoms with Gasteiger partial charge in [0.1, 0.15) is 0 Å². The van der Waals surface area contributed by atoms with E-state index in [0.717, 1.165) is 25.5 Å². The van der Waals surface area contributed by atoms with Crippen molar-refractivity contribution in [2.24, 2.45) is 10.9 Å². The molecule has 0 radical (unpaired) electrons. The molecule has 2 aromatic rings. The van der Waals surface area contributed by atoms with Gasteiger partial charge in [0.15, 0.2) is 11.7 Å². The average molecular weight is 494 g/mol. The zero-order valence-corrected chi connectivity index (χ0v) is 18.4. The molecule has 2 unspecified atom stereocenters. The summed E-state index contributed by atoms with van der Waals surface area (Å²) < 4.78 is 5.22. The molecule has 6 nitrogen and oxygen atoms in total. The van der Waals surface area contributed by atoms with Crippen LogP contribution in [0, 0.1) is 5.92 Å². The molecule has 1 aromatic carbocycles. The molecule has 28 heavy (non-hydrogen) atoms. The van der Waals surface area contributed by atoms with Crippen LogP contribution in [0.2, 0.25) is 0 Å². The number of carbonyl (C=O) groups excluding carboxylic acids is 1. The molecule has 2 fully saturated rings. The highest BCUT2D eigenvalue weighted by atomic mass is 127. The van der Waals surface area contributed by atoms with Crippen LogP contribution in [0.15, 0.2) is 58.1 Å². The second kappa shape index (κ2) is 9.45. The Kier molecular flexibility index (Phi) is 6.98. The Morgan fingerprint density at radius 1 is 1.11 bits per heavy atom. The van der Waals surface area contributed by atoms with Gasteiger partial charge in [0.25, 0.3) is 5.91 Å². The predicted octanol–water partition coefficient (Wildman–Crippen LogP) is 2.86. The number of rotatable bonds is 4. The van der Waals surface area contributed by atoms with Crippen molar-refractivity contribution in [3.63, 3.8) is 0 Å². The molecule has 150 valence electrons. The highest BCUT2D eigenvalue weighted by Gasteiger charge is 2.38. The van der Waals surface area contributed by atoms with Crippen LogP contribution in [0.1, 0.15) is 22.5 Å². The van der Waals surface area contributed by atoms with E-state index in [1.807, 2.05) is 11.9 Å². The lowest BCUT2D eigenvalue weighted by Crippen LogP contribution is -2.54. The fraction of sp³-hybridized carbons (Fsp3) is 0.429. The van der Waals surface area contributed by atoms with Gasteiger partial charge in [-0.1, -0.05) is 30.3 Å². The lowest BCUT2D eigenvalue weighted by Gasteiger charge is -2.36. The highest BCUT2D eigenvalue weighted by molar-refractivity contribution is 14.0. The average Bonchev–Trinajstić information content (AvgIpc) is 3.20. The van der Waals surface area contributed by atoms with Gasteiger partial charge in [-0.3, -0.25) is 9.79 Å². The Balaban J connectivity index is 0.00000225. The lowest BCUT2D eigenvalue weighted by atomic mass is 10.1. The Morgan fingerprint density at radius 3 is 2.46 bits per heavy atom. The van der Waals surface area contributed by atoms with Gasteiger partial charge in [-0.05, 0) is 36.5 Å². The molecular weight excluding hydrogens is 467 g/mol. The van der Waals surface area contributed by atoms with Crippen molar-refractivity contribution in [1.82, 2.24) is 15.1 Å². The summed E-state index contributed by atoms with van der Waals surface area (Å²) in [4.78, 5) is 20.9. The molecule has 2 atom stereocenters. The van der Waals surface area contributed by atoms with Crippen LogP contribution >= 0.6 is 24.0 Å². The SMILES string of the molecule is CN=C(NC1CC1Cc1ccccc1)N1CCN(C(=O)c2ccco2)CC1.I. The number of guanidine groups is 1. The smallest absolute Gasteiger partial charge is 0.289 e. The third-order valence-corrected chi connectivity index (χ3v) is 5.39. The lowest BCUT2D eigenvalue weighted by molar-refractivity contribution is 0.0657. The van der Waals surface area contributed by atoms with E-state index >= 15 is 0 Å². The molecule has 1 aliphatic heterocycles. The molecule has 2 heterocycles. The Bertz CT molecular complexity index is 786. The van der Waals surface area contributed by atoms with E-state index in [1.54, 1.807) is 12.1 Å². The van der Waals surface area contributed by atoms with Crippen LogP contribution in [0.4, 0.5) is 0 Å². The molecule has 4 rings (SSSR count). The van der Waals surface area contributed by atoms with Crippen LogP contribution in [0.25, 0.3) is 0 Å². The highest BCUT2D eigenvalue weighted by Crippen LogP contribution is 2.33. The van der Waals surface area contributed by atoms with Crippen molar-refractivity contribution in [2.45, 2.75) is 18.9 Å². The Morgan fingerprint density at radius 2 is 1.82 bits per heavy atom. The summed E-state index contributed by atoms with van der Waals surface area (Å²) >= 11 is 0. The summed E-state index contributed by atoms with van der Waals surface area (Å²) in [5.41, 5.74) is 1.40. The molecule has 1 amide bonds. The van der Waals surface area contributed by atoms with E-state index in [0.29, 0.717) is 30.8 Å². The molecule has 2 aliphatic rings. The monoisotopic (exact) mass is 494 g/mol. The Hall–Kier alpha value is -2.03. The molecule has 1 N–H and O–H groups in total. The van der Waals surface area contributed by atoms with Crippen molar-refractivity contribution < 1.29 is 9.21 Å². The fourth-order valence-corrected chi connectivity index (χ4v) is 3.71. The standard InChI is InChI=1S/C21H26N4O2.HI/c1-22-21(23-18-15-17(18)14-16-6-3-2-4-7-16)25-11-9-24(10-12-25)20(26)19-8-5-13-27-19;/h2-8,13,17-18H,9-12,14-15H2,1H3,(H,22,23);1H. The number of piperazine rings is 1. The normalized spacial score (nSPS) is 21.8. The van der Waals surface area contributed by atoms with Gasteiger partial charge in [-0.15, -0.1) is 24.0 Å². The van der Waals surface area contributed by atoms with Crippen molar-refractivity contribution in [2.75, 3.05) is 33.2 Å². The number of nitrogens with one attached hydrogen (secondary N) is 1. The number of hydrogen-bond donors (Lipinski definition) is 1. The summed E-state index contributed by atoms with van der Waals surface area (Å²) in [6.45, 7) is 2.92. The number of furan rings is 1. The summed E-state index contributed by atoms with van der Waals surface area (Å²) in [6, 6.07) is 14.6. The van der Waals surface area contributed by atoms with E-state index in [-0.39, 0.29) is 29.9 Å². The number of nitrogens with zero attached hydrogens (tertiary/aromatic N) is 3. The molecule has 1 saturated carbocycles. The van der Waals surface area contributed by atoms with Crippen molar-refractivity contribution in [1.29, 1.82) is 0 Å². The number of amides is 1. The third kappa shape index (κ3) is 4.87. The van der Waals surface area contributed by atoms with Gasteiger partial charge in [0.2, 0.25) is 0 Å². The second-order valence-corrected chi connectivity index (χ2v) is 7.24. The third-order valence-electron chi connectivity index (χ3n) is 5.39. The van der Waals surface area contributed by atoms with Gasteiger partial charge in [-0.25, -0.2) is 0 Å². The summed E-state index contributed by atoms with van der Waals surface area (Å²) in [7, 11) is 1.83. The van der Waals surface area contributed by atoms with Gasteiger partial charge in [0, 0.05) is 39.3 Å². The molecule has 1 aromatic heterocycles. The molecular formula is C21H27IN4O2. The van der Waals surface area contributed by atoms with E-state index < -0.39 is 0 Å². The number of halogens is 1. The first-order valence-electron chi connectivity index (χ1n) is 9.59.